The molecule has 0 saturated heterocycles. The zero-order valence-electron chi connectivity index (χ0n) is 11.9. The molecule has 0 aromatic carbocycles. The Morgan fingerprint density at radius 1 is 1.44 bits per heavy atom. The van der Waals surface area contributed by atoms with Gasteiger partial charge in [-0.15, -0.1) is 0 Å². The van der Waals surface area contributed by atoms with Crippen LogP contribution in [0, 0.1) is 19.8 Å². The average molecular weight is 252 g/mol. The predicted octanol–water partition coefficient (Wildman–Crippen LogP) is 1.03. The SMILES string of the molecule is Cc1nn(C)c(C)c1CNC(=O)CC(N)C(C)C. The maximum Gasteiger partial charge on any atom is 0.221 e. The predicted molar refractivity (Wildman–Crippen MR) is 72.0 cm³/mol. The van der Waals surface area contributed by atoms with Gasteiger partial charge in [0.1, 0.15) is 0 Å². The fourth-order valence-electron chi connectivity index (χ4n) is 1.78. The lowest BCUT2D eigenvalue weighted by Crippen LogP contribution is -2.34. The zero-order valence-corrected chi connectivity index (χ0v) is 11.9. The summed E-state index contributed by atoms with van der Waals surface area (Å²) in [5.74, 6) is 0.316. The summed E-state index contributed by atoms with van der Waals surface area (Å²) in [5, 5.41) is 7.23. The van der Waals surface area contributed by atoms with E-state index in [1.165, 1.54) is 0 Å². The molecule has 1 heterocycles. The molecule has 0 radical (unpaired) electrons. The van der Waals surface area contributed by atoms with Gasteiger partial charge in [0, 0.05) is 37.3 Å². The van der Waals surface area contributed by atoms with Gasteiger partial charge >= 0.3 is 0 Å². The topological polar surface area (TPSA) is 72.9 Å². The van der Waals surface area contributed by atoms with Crippen molar-refractivity contribution in [3.05, 3.63) is 17.0 Å². The van der Waals surface area contributed by atoms with Crippen molar-refractivity contribution in [3.63, 3.8) is 0 Å². The number of aryl methyl sites for hydroxylation is 2. The summed E-state index contributed by atoms with van der Waals surface area (Å²) in [4.78, 5) is 11.7. The van der Waals surface area contributed by atoms with Crippen molar-refractivity contribution in [2.45, 2.75) is 46.7 Å². The Morgan fingerprint density at radius 3 is 2.50 bits per heavy atom. The Bertz CT molecular complexity index is 423. The summed E-state index contributed by atoms with van der Waals surface area (Å²) in [7, 11) is 1.91. The first-order valence-electron chi connectivity index (χ1n) is 6.34. The largest absolute Gasteiger partial charge is 0.352 e. The number of rotatable bonds is 5. The van der Waals surface area contributed by atoms with Crippen molar-refractivity contribution in [2.75, 3.05) is 0 Å². The third-order valence-electron chi connectivity index (χ3n) is 3.40. The van der Waals surface area contributed by atoms with E-state index in [0.29, 0.717) is 18.9 Å². The van der Waals surface area contributed by atoms with Crippen LogP contribution >= 0.6 is 0 Å². The van der Waals surface area contributed by atoms with E-state index in [2.05, 4.69) is 10.4 Å². The molecule has 5 nitrogen and oxygen atoms in total. The van der Waals surface area contributed by atoms with Crippen LogP contribution in [0.3, 0.4) is 0 Å². The highest BCUT2D eigenvalue weighted by Gasteiger charge is 2.14. The van der Waals surface area contributed by atoms with Gasteiger partial charge in [-0.05, 0) is 19.8 Å². The number of amides is 1. The minimum Gasteiger partial charge on any atom is -0.352 e. The van der Waals surface area contributed by atoms with Gasteiger partial charge in [-0.25, -0.2) is 0 Å². The van der Waals surface area contributed by atoms with Crippen LogP contribution in [0.15, 0.2) is 0 Å². The van der Waals surface area contributed by atoms with E-state index in [1.807, 2.05) is 39.4 Å². The van der Waals surface area contributed by atoms with E-state index in [1.54, 1.807) is 0 Å². The fourth-order valence-corrected chi connectivity index (χ4v) is 1.78. The average Bonchev–Trinajstić information content (AvgIpc) is 2.51. The van der Waals surface area contributed by atoms with Crippen LogP contribution in [0.1, 0.15) is 37.2 Å². The summed E-state index contributed by atoms with van der Waals surface area (Å²) < 4.78 is 1.83. The maximum absolute atomic E-state index is 11.7. The first kappa shape index (κ1) is 14.7. The highest BCUT2D eigenvalue weighted by molar-refractivity contribution is 5.76. The van der Waals surface area contributed by atoms with E-state index >= 15 is 0 Å². The number of nitrogens with one attached hydrogen (secondary N) is 1. The molecule has 0 spiro atoms. The third kappa shape index (κ3) is 3.57. The zero-order chi connectivity index (χ0) is 13.9. The molecule has 1 aromatic rings. The molecule has 1 amide bonds. The Hall–Kier alpha value is -1.36. The molecule has 3 N–H and O–H groups in total. The normalized spacial score (nSPS) is 12.8. The Morgan fingerprint density at radius 2 is 2.06 bits per heavy atom. The van der Waals surface area contributed by atoms with E-state index in [9.17, 15) is 4.79 Å². The van der Waals surface area contributed by atoms with Gasteiger partial charge in [-0.1, -0.05) is 13.8 Å². The van der Waals surface area contributed by atoms with Crippen LogP contribution in [0.4, 0.5) is 0 Å². The van der Waals surface area contributed by atoms with Crippen molar-refractivity contribution >= 4 is 5.91 Å². The maximum atomic E-state index is 11.7. The van der Waals surface area contributed by atoms with Gasteiger partial charge in [-0.3, -0.25) is 9.48 Å². The van der Waals surface area contributed by atoms with Gasteiger partial charge < -0.3 is 11.1 Å². The van der Waals surface area contributed by atoms with Crippen LogP contribution < -0.4 is 11.1 Å². The van der Waals surface area contributed by atoms with Crippen LogP contribution in [0.5, 0.6) is 0 Å². The fraction of sp³-hybridized carbons (Fsp3) is 0.692. The van der Waals surface area contributed by atoms with Gasteiger partial charge in [0.2, 0.25) is 5.91 Å². The highest BCUT2D eigenvalue weighted by Crippen LogP contribution is 2.11. The second-order valence-electron chi connectivity index (χ2n) is 5.16. The van der Waals surface area contributed by atoms with Crippen LogP contribution in [0.25, 0.3) is 0 Å². The standard InChI is InChI=1S/C13H24N4O/c1-8(2)12(14)6-13(18)15-7-11-9(3)16-17(5)10(11)4/h8,12H,6-7,14H2,1-5H3,(H,15,18). The summed E-state index contributed by atoms with van der Waals surface area (Å²) >= 11 is 0. The molecule has 0 saturated carbocycles. The van der Waals surface area contributed by atoms with Crippen LogP contribution in [0.2, 0.25) is 0 Å². The molecule has 1 aromatic heterocycles. The van der Waals surface area contributed by atoms with Crippen molar-refractivity contribution in [2.24, 2.45) is 18.7 Å². The Labute approximate surface area is 109 Å². The molecule has 5 heteroatoms. The molecule has 0 fully saturated rings. The minimum atomic E-state index is -0.0823. The molecule has 18 heavy (non-hydrogen) atoms. The van der Waals surface area contributed by atoms with Crippen molar-refractivity contribution in [3.8, 4) is 0 Å². The minimum absolute atomic E-state index is 0.00106. The molecule has 1 rings (SSSR count). The van der Waals surface area contributed by atoms with Crippen molar-refractivity contribution in [1.29, 1.82) is 0 Å². The van der Waals surface area contributed by atoms with Gasteiger partial charge in [-0.2, -0.15) is 5.10 Å². The van der Waals surface area contributed by atoms with Crippen molar-refractivity contribution < 1.29 is 4.79 Å². The summed E-state index contributed by atoms with van der Waals surface area (Å²) in [6, 6.07) is -0.0823. The quantitative estimate of drug-likeness (QED) is 0.822. The van der Waals surface area contributed by atoms with E-state index in [0.717, 1.165) is 17.0 Å². The lowest BCUT2D eigenvalue weighted by molar-refractivity contribution is -0.121. The molecular weight excluding hydrogens is 228 g/mol. The van der Waals surface area contributed by atoms with Crippen LogP contribution in [-0.2, 0) is 18.4 Å². The monoisotopic (exact) mass is 252 g/mol. The second-order valence-corrected chi connectivity index (χ2v) is 5.16. The number of nitrogens with zero attached hydrogens (tertiary/aromatic N) is 2. The van der Waals surface area contributed by atoms with Crippen molar-refractivity contribution in [1.82, 2.24) is 15.1 Å². The van der Waals surface area contributed by atoms with E-state index in [-0.39, 0.29) is 11.9 Å². The number of hydrogen-bond donors (Lipinski definition) is 2. The summed E-state index contributed by atoms with van der Waals surface area (Å²) in [6.45, 7) is 8.52. The molecular formula is C13H24N4O. The molecule has 0 bridgehead atoms. The molecule has 1 unspecified atom stereocenters. The van der Waals surface area contributed by atoms with Gasteiger partial charge in [0.25, 0.3) is 0 Å². The summed E-state index contributed by atoms with van der Waals surface area (Å²) in [6.07, 6.45) is 0.371. The Balaban J connectivity index is 2.53. The first-order chi connectivity index (χ1) is 8.32. The number of hydrogen-bond acceptors (Lipinski definition) is 3. The molecule has 102 valence electrons. The lowest BCUT2D eigenvalue weighted by Gasteiger charge is -2.15. The van der Waals surface area contributed by atoms with Gasteiger partial charge in [0.15, 0.2) is 0 Å². The number of carbonyl (C=O) groups is 1. The molecule has 0 aliphatic rings. The Kier molecular flexibility index (Phi) is 4.90. The van der Waals surface area contributed by atoms with Crippen LogP contribution in [-0.4, -0.2) is 21.7 Å². The lowest BCUT2D eigenvalue weighted by atomic mass is 10.0. The van der Waals surface area contributed by atoms with E-state index in [4.69, 9.17) is 5.73 Å². The molecule has 1 atom stereocenters. The number of aromatic nitrogens is 2. The number of carbonyl (C=O) groups excluding carboxylic acids is 1. The first-order valence-corrected chi connectivity index (χ1v) is 6.34. The number of nitrogens with two attached hydrogens (primary N) is 1. The smallest absolute Gasteiger partial charge is 0.221 e. The van der Waals surface area contributed by atoms with E-state index < -0.39 is 0 Å². The third-order valence-corrected chi connectivity index (χ3v) is 3.40. The second kappa shape index (κ2) is 6.00. The van der Waals surface area contributed by atoms with Gasteiger partial charge in [0.05, 0.1) is 5.69 Å². The summed E-state index contributed by atoms with van der Waals surface area (Å²) in [5.41, 5.74) is 9.01. The molecule has 0 aliphatic carbocycles. The molecule has 0 aliphatic heterocycles. The highest BCUT2D eigenvalue weighted by atomic mass is 16.1.